The predicted molar refractivity (Wildman–Crippen MR) is 62.0 cm³/mol. The number of hydrogen-bond acceptors (Lipinski definition) is 5. The van der Waals surface area contributed by atoms with Crippen LogP contribution < -0.4 is 0 Å². The average Bonchev–Trinajstić information content (AvgIpc) is 3.09. The second-order valence-corrected chi connectivity index (χ2v) is 3.29. The van der Waals surface area contributed by atoms with Crippen LogP contribution in [-0.2, 0) is 23.8 Å². The van der Waals surface area contributed by atoms with Gasteiger partial charge in [-0.3, -0.25) is 4.79 Å². The Balaban J connectivity index is 2.24. The average molecular weight is 248 g/mol. The van der Waals surface area contributed by atoms with Gasteiger partial charge in [0.05, 0.1) is 7.11 Å². The molecule has 1 heterocycles. The first-order chi connectivity index (χ1) is 8.63. The minimum atomic E-state index is -0.468. The van der Waals surface area contributed by atoms with Gasteiger partial charge in [0.25, 0.3) is 0 Å². The molecule has 0 radical (unpaired) electrons. The molecule has 2 atom stereocenters. The molecule has 1 saturated heterocycles. The SMILES string of the molecule is COC(=O)/C=C\C#CC#C[C@@H]1O[C@@H]1COC(C)=O. The van der Waals surface area contributed by atoms with Crippen LogP contribution in [0.4, 0.5) is 0 Å². The Morgan fingerprint density at radius 1 is 1.39 bits per heavy atom. The van der Waals surface area contributed by atoms with E-state index in [1.807, 2.05) is 0 Å². The molecule has 1 rings (SSSR count). The number of carbonyl (C=O) groups is 2. The summed E-state index contributed by atoms with van der Waals surface area (Å²) in [6, 6.07) is 0. The van der Waals surface area contributed by atoms with Gasteiger partial charge in [0.1, 0.15) is 18.8 Å². The molecule has 0 aromatic carbocycles. The van der Waals surface area contributed by atoms with Crippen molar-refractivity contribution >= 4 is 11.9 Å². The van der Waals surface area contributed by atoms with E-state index in [0.717, 1.165) is 0 Å². The lowest BCUT2D eigenvalue weighted by atomic mass is 10.3. The Bertz CT molecular complexity index is 469. The van der Waals surface area contributed by atoms with Gasteiger partial charge in [-0.25, -0.2) is 4.79 Å². The lowest BCUT2D eigenvalue weighted by molar-refractivity contribution is -0.141. The van der Waals surface area contributed by atoms with E-state index in [0.29, 0.717) is 0 Å². The normalized spacial score (nSPS) is 20.1. The monoisotopic (exact) mass is 248 g/mol. The molecule has 94 valence electrons. The highest BCUT2D eigenvalue weighted by molar-refractivity contribution is 5.82. The van der Waals surface area contributed by atoms with E-state index < -0.39 is 5.97 Å². The highest BCUT2D eigenvalue weighted by Gasteiger charge is 2.38. The van der Waals surface area contributed by atoms with Crippen molar-refractivity contribution in [3.8, 4) is 23.7 Å². The van der Waals surface area contributed by atoms with Gasteiger partial charge in [-0.1, -0.05) is 11.8 Å². The van der Waals surface area contributed by atoms with Crippen molar-refractivity contribution in [1.82, 2.24) is 0 Å². The van der Waals surface area contributed by atoms with Crippen LogP contribution in [0.15, 0.2) is 12.2 Å². The molecule has 0 saturated carbocycles. The molecule has 1 aliphatic heterocycles. The third-order valence-corrected chi connectivity index (χ3v) is 1.89. The zero-order chi connectivity index (χ0) is 13.4. The summed E-state index contributed by atoms with van der Waals surface area (Å²) in [5, 5.41) is 0. The second-order valence-electron chi connectivity index (χ2n) is 3.29. The summed E-state index contributed by atoms with van der Waals surface area (Å²) in [5.74, 6) is 9.59. The third-order valence-electron chi connectivity index (χ3n) is 1.89. The van der Waals surface area contributed by atoms with Crippen LogP contribution in [0.5, 0.6) is 0 Å². The molecular weight excluding hydrogens is 236 g/mol. The Labute approximate surface area is 105 Å². The number of allylic oxidation sites excluding steroid dienone is 1. The number of methoxy groups -OCH3 is 1. The Kier molecular flexibility index (Phi) is 5.50. The van der Waals surface area contributed by atoms with Crippen molar-refractivity contribution in [3.63, 3.8) is 0 Å². The van der Waals surface area contributed by atoms with E-state index in [9.17, 15) is 9.59 Å². The molecule has 0 bridgehead atoms. The molecule has 0 spiro atoms. The summed E-state index contributed by atoms with van der Waals surface area (Å²) in [6.45, 7) is 1.55. The second kappa shape index (κ2) is 7.16. The molecule has 0 aliphatic carbocycles. The van der Waals surface area contributed by atoms with Gasteiger partial charge in [-0.2, -0.15) is 0 Å². The van der Waals surface area contributed by atoms with Crippen molar-refractivity contribution in [1.29, 1.82) is 0 Å². The van der Waals surface area contributed by atoms with Crippen LogP contribution in [0.1, 0.15) is 6.92 Å². The first-order valence-corrected chi connectivity index (χ1v) is 5.18. The molecule has 1 aliphatic rings. The van der Waals surface area contributed by atoms with E-state index in [-0.39, 0.29) is 24.8 Å². The maximum atomic E-state index is 10.7. The number of carbonyl (C=O) groups excluding carboxylic acids is 2. The van der Waals surface area contributed by atoms with Crippen molar-refractivity contribution < 1.29 is 23.8 Å². The molecule has 5 nitrogen and oxygen atoms in total. The van der Waals surface area contributed by atoms with E-state index in [1.54, 1.807) is 0 Å². The number of epoxide rings is 1. The Hall–Kier alpha value is -2.24. The van der Waals surface area contributed by atoms with Crippen LogP contribution in [0.3, 0.4) is 0 Å². The first kappa shape index (κ1) is 13.8. The first-order valence-electron chi connectivity index (χ1n) is 5.18. The fraction of sp³-hybridized carbons (Fsp3) is 0.385. The van der Waals surface area contributed by atoms with E-state index >= 15 is 0 Å². The van der Waals surface area contributed by atoms with Gasteiger partial charge in [0, 0.05) is 13.0 Å². The standard InChI is InChI=1S/C13H12O5/c1-10(14)17-9-12-11(18-12)7-5-3-4-6-8-13(15)16-2/h6,8,11-12H,9H2,1-2H3/b8-6-/t11-,12+/m0/s1. The maximum Gasteiger partial charge on any atom is 0.331 e. The van der Waals surface area contributed by atoms with Crippen molar-refractivity contribution in [2.45, 2.75) is 19.1 Å². The van der Waals surface area contributed by atoms with Crippen LogP contribution in [0.2, 0.25) is 0 Å². The Morgan fingerprint density at radius 3 is 2.83 bits per heavy atom. The number of rotatable bonds is 3. The van der Waals surface area contributed by atoms with Gasteiger partial charge < -0.3 is 14.2 Å². The molecular formula is C13H12O5. The Morgan fingerprint density at radius 2 is 2.17 bits per heavy atom. The van der Waals surface area contributed by atoms with Gasteiger partial charge in [0.15, 0.2) is 0 Å². The number of esters is 2. The largest absolute Gasteiger partial charge is 0.466 e. The molecule has 0 amide bonds. The summed E-state index contributed by atoms with van der Waals surface area (Å²) >= 11 is 0. The van der Waals surface area contributed by atoms with Crippen molar-refractivity contribution in [2.24, 2.45) is 0 Å². The fourth-order valence-corrected chi connectivity index (χ4v) is 0.959. The molecule has 0 N–H and O–H groups in total. The highest BCUT2D eigenvalue weighted by Crippen LogP contribution is 2.20. The summed E-state index contributed by atoms with van der Waals surface area (Å²) in [5.41, 5.74) is 0. The zero-order valence-electron chi connectivity index (χ0n) is 10.1. The quantitative estimate of drug-likeness (QED) is 0.306. The lowest BCUT2D eigenvalue weighted by Crippen LogP contribution is -2.07. The van der Waals surface area contributed by atoms with Crippen LogP contribution in [0, 0.1) is 23.7 Å². The molecule has 5 heteroatoms. The molecule has 18 heavy (non-hydrogen) atoms. The highest BCUT2D eigenvalue weighted by atomic mass is 16.6. The maximum absolute atomic E-state index is 10.7. The van der Waals surface area contributed by atoms with Gasteiger partial charge in [-0.15, -0.1) is 0 Å². The zero-order valence-corrected chi connectivity index (χ0v) is 10.1. The molecule has 0 aromatic heterocycles. The number of ether oxygens (including phenoxy) is 3. The van der Waals surface area contributed by atoms with Gasteiger partial charge in [-0.05, 0) is 17.9 Å². The lowest BCUT2D eigenvalue weighted by Gasteiger charge is -1.94. The van der Waals surface area contributed by atoms with Gasteiger partial charge in [0.2, 0.25) is 0 Å². The van der Waals surface area contributed by atoms with Crippen LogP contribution in [-0.4, -0.2) is 37.9 Å². The van der Waals surface area contributed by atoms with Crippen molar-refractivity contribution in [2.75, 3.05) is 13.7 Å². The third kappa shape index (κ3) is 5.74. The van der Waals surface area contributed by atoms with E-state index in [1.165, 1.54) is 26.2 Å². The molecule has 0 unspecified atom stereocenters. The minimum Gasteiger partial charge on any atom is -0.466 e. The van der Waals surface area contributed by atoms with Crippen LogP contribution >= 0.6 is 0 Å². The van der Waals surface area contributed by atoms with Gasteiger partial charge >= 0.3 is 11.9 Å². The minimum absolute atomic E-state index is 0.159. The smallest absolute Gasteiger partial charge is 0.331 e. The van der Waals surface area contributed by atoms with E-state index in [2.05, 4.69) is 28.4 Å². The molecule has 0 aromatic rings. The summed E-state index contributed by atoms with van der Waals surface area (Å²) in [6.07, 6.45) is 2.16. The van der Waals surface area contributed by atoms with Crippen molar-refractivity contribution in [3.05, 3.63) is 12.2 Å². The summed E-state index contributed by atoms with van der Waals surface area (Å²) in [7, 11) is 1.29. The fourth-order valence-electron chi connectivity index (χ4n) is 0.959. The molecule has 1 fully saturated rings. The topological polar surface area (TPSA) is 65.1 Å². The number of hydrogen-bond donors (Lipinski definition) is 0. The van der Waals surface area contributed by atoms with E-state index in [4.69, 9.17) is 9.47 Å². The summed E-state index contributed by atoms with van der Waals surface area (Å²) in [4.78, 5) is 21.2. The predicted octanol–water partition coefficient (Wildman–Crippen LogP) is 0.0529. The summed E-state index contributed by atoms with van der Waals surface area (Å²) < 4.78 is 14.2. The van der Waals surface area contributed by atoms with Crippen LogP contribution in [0.25, 0.3) is 0 Å².